The Balaban J connectivity index is 2.02. The van der Waals surface area contributed by atoms with Gasteiger partial charge in [0.1, 0.15) is 10.7 Å². The van der Waals surface area contributed by atoms with Gasteiger partial charge in [0.15, 0.2) is 4.67 Å². The van der Waals surface area contributed by atoms with Gasteiger partial charge < -0.3 is 14.5 Å². The van der Waals surface area contributed by atoms with Crippen molar-refractivity contribution in [3.63, 3.8) is 0 Å². The molecule has 2 heterocycles. The minimum absolute atomic E-state index is 0.0309. The van der Waals surface area contributed by atoms with Crippen molar-refractivity contribution < 1.29 is 17.6 Å². The molecule has 1 aliphatic rings. The third-order valence-corrected chi connectivity index (χ3v) is 5.35. The monoisotopic (exact) mass is 366 g/mol. The predicted octanol–water partition coefficient (Wildman–Crippen LogP) is 1.61. The molecule has 0 spiro atoms. The van der Waals surface area contributed by atoms with E-state index in [2.05, 4.69) is 26.0 Å². The van der Waals surface area contributed by atoms with E-state index in [1.165, 1.54) is 6.07 Å². The Morgan fingerprint density at radius 2 is 2.30 bits per heavy atom. The molecule has 0 aliphatic carbocycles. The molecule has 0 saturated carbocycles. The van der Waals surface area contributed by atoms with Crippen molar-refractivity contribution in [3.8, 4) is 0 Å². The van der Waals surface area contributed by atoms with Gasteiger partial charge in [-0.3, -0.25) is 0 Å². The SMILES string of the molecule is CCNCc1cc(S(=O)(=O)NCC2CCCO2)c(Br)o1. The summed E-state index contributed by atoms with van der Waals surface area (Å²) < 4.78 is 38.0. The van der Waals surface area contributed by atoms with Gasteiger partial charge in [0.2, 0.25) is 10.0 Å². The van der Waals surface area contributed by atoms with Gasteiger partial charge in [-0.05, 0) is 35.3 Å². The van der Waals surface area contributed by atoms with E-state index in [1.807, 2.05) is 6.92 Å². The zero-order valence-corrected chi connectivity index (χ0v) is 13.7. The predicted molar refractivity (Wildman–Crippen MR) is 78.0 cm³/mol. The maximum atomic E-state index is 12.2. The van der Waals surface area contributed by atoms with Crippen LogP contribution in [0.2, 0.25) is 0 Å². The second kappa shape index (κ2) is 7.04. The highest BCUT2D eigenvalue weighted by Gasteiger charge is 2.24. The first-order valence-corrected chi connectivity index (χ1v) is 8.90. The van der Waals surface area contributed by atoms with E-state index in [9.17, 15) is 8.42 Å². The third-order valence-electron chi connectivity index (χ3n) is 3.07. The molecule has 0 radical (unpaired) electrons. The highest BCUT2D eigenvalue weighted by Crippen LogP contribution is 2.26. The molecule has 0 bridgehead atoms. The molecule has 8 heteroatoms. The standard InChI is InChI=1S/C12H19BrN2O4S/c1-2-14-7-10-6-11(12(13)19-10)20(16,17)15-8-9-4-3-5-18-9/h6,9,14-15H,2-5,7-8H2,1H3. The molecule has 2 rings (SSSR count). The van der Waals surface area contributed by atoms with E-state index >= 15 is 0 Å². The summed E-state index contributed by atoms with van der Waals surface area (Å²) in [6.45, 7) is 4.25. The second-order valence-corrected chi connectivity index (χ2v) is 7.07. The lowest BCUT2D eigenvalue weighted by Crippen LogP contribution is -2.31. The number of halogens is 1. The second-order valence-electron chi connectivity index (χ2n) is 4.62. The van der Waals surface area contributed by atoms with Gasteiger partial charge in [0, 0.05) is 19.2 Å². The molecule has 6 nitrogen and oxygen atoms in total. The lowest BCUT2D eigenvalue weighted by Gasteiger charge is -2.10. The van der Waals surface area contributed by atoms with Crippen molar-refractivity contribution in [2.45, 2.75) is 37.3 Å². The van der Waals surface area contributed by atoms with Crippen molar-refractivity contribution in [3.05, 3.63) is 16.5 Å². The van der Waals surface area contributed by atoms with Crippen molar-refractivity contribution in [2.75, 3.05) is 19.7 Å². The smallest absolute Gasteiger partial charge is 0.245 e. The van der Waals surface area contributed by atoms with E-state index in [0.717, 1.165) is 19.4 Å². The van der Waals surface area contributed by atoms with Crippen LogP contribution in [0.4, 0.5) is 0 Å². The van der Waals surface area contributed by atoms with Gasteiger partial charge >= 0.3 is 0 Å². The number of sulfonamides is 1. The van der Waals surface area contributed by atoms with Crippen LogP contribution in [0.3, 0.4) is 0 Å². The van der Waals surface area contributed by atoms with Gasteiger partial charge in [-0.2, -0.15) is 0 Å². The molecule has 0 amide bonds. The molecular formula is C12H19BrN2O4S. The van der Waals surface area contributed by atoms with Crippen molar-refractivity contribution in [2.24, 2.45) is 0 Å². The van der Waals surface area contributed by atoms with E-state index < -0.39 is 10.0 Å². The lowest BCUT2D eigenvalue weighted by atomic mass is 10.2. The summed E-state index contributed by atoms with van der Waals surface area (Å²) in [6.07, 6.45) is 1.84. The van der Waals surface area contributed by atoms with Gasteiger partial charge in [-0.1, -0.05) is 6.92 Å². The molecular weight excluding hydrogens is 348 g/mol. The summed E-state index contributed by atoms with van der Waals surface area (Å²) >= 11 is 3.15. The molecule has 1 unspecified atom stereocenters. The van der Waals surface area contributed by atoms with Gasteiger partial charge in [0.25, 0.3) is 0 Å². The van der Waals surface area contributed by atoms with Crippen LogP contribution in [0.5, 0.6) is 0 Å². The van der Waals surface area contributed by atoms with Crippen LogP contribution >= 0.6 is 15.9 Å². The maximum absolute atomic E-state index is 12.2. The fourth-order valence-corrected chi connectivity index (χ4v) is 4.06. The zero-order valence-electron chi connectivity index (χ0n) is 11.3. The lowest BCUT2D eigenvalue weighted by molar-refractivity contribution is 0.114. The number of rotatable bonds is 7. The van der Waals surface area contributed by atoms with Crippen LogP contribution in [0, 0.1) is 0 Å². The number of ether oxygens (including phenoxy) is 1. The van der Waals surface area contributed by atoms with Gasteiger partial charge in [-0.25, -0.2) is 13.1 Å². The average Bonchev–Trinajstić information content (AvgIpc) is 3.03. The van der Waals surface area contributed by atoms with Gasteiger partial charge in [-0.15, -0.1) is 0 Å². The molecule has 2 N–H and O–H groups in total. The Labute approximate surface area is 127 Å². The van der Waals surface area contributed by atoms with Crippen LogP contribution in [0.25, 0.3) is 0 Å². The van der Waals surface area contributed by atoms with Crippen LogP contribution < -0.4 is 10.0 Å². The highest BCUT2D eigenvalue weighted by molar-refractivity contribution is 9.10. The quantitative estimate of drug-likeness (QED) is 0.765. The molecule has 1 fully saturated rings. The van der Waals surface area contributed by atoms with E-state index in [1.54, 1.807) is 0 Å². The number of hydrogen-bond donors (Lipinski definition) is 2. The highest BCUT2D eigenvalue weighted by atomic mass is 79.9. The minimum Gasteiger partial charge on any atom is -0.452 e. The largest absolute Gasteiger partial charge is 0.452 e. The Kier molecular flexibility index (Phi) is 5.62. The molecule has 1 saturated heterocycles. The van der Waals surface area contributed by atoms with Gasteiger partial charge in [0.05, 0.1) is 12.6 Å². The molecule has 20 heavy (non-hydrogen) atoms. The Bertz CT molecular complexity index is 538. The molecule has 0 aromatic carbocycles. The Morgan fingerprint density at radius 1 is 1.50 bits per heavy atom. The van der Waals surface area contributed by atoms with Crippen LogP contribution in [0.1, 0.15) is 25.5 Å². The zero-order chi connectivity index (χ0) is 14.6. The number of furan rings is 1. The molecule has 1 aromatic rings. The fourth-order valence-electron chi connectivity index (χ4n) is 2.00. The third kappa shape index (κ3) is 4.05. The number of nitrogens with one attached hydrogen (secondary N) is 2. The first-order chi connectivity index (χ1) is 9.53. The van der Waals surface area contributed by atoms with Crippen molar-refractivity contribution in [1.29, 1.82) is 0 Å². The van der Waals surface area contributed by atoms with Crippen molar-refractivity contribution in [1.82, 2.24) is 10.0 Å². The average molecular weight is 367 g/mol. The Morgan fingerprint density at radius 3 is 2.95 bits per heavy atom. The normalized spacial score (nSPS) is 19.6. The minimum atomic E-state index is -3.58. The molecule has 1 aromatic heterocycles. The van der Waals surface area contributed by atoms with E-state index in [0.29, 0.717) is 25.5 Å². The maximum Gasteiger partial charge on any atom is 0.245 e. The summed E-state index contributed by atoms with van der Waals surface area (Å²) in [6, 6.07) is 1.53. The first kappa shape index (κ1) is 16.0. The number of hydrogen-bond acceptors (Lipinski definition) is 5. The summed E-state index contributed by atoms with van der Waals surface area (Å²) in [5, 5.41) is 3.08. The first-order valence-electron chi connectivity index (χ1n) is 6.63. The van der Waals surface area contributed by atoms with E-state index in [-0.39, 0.29) is 15.7 Å². The summed E-state index contributed by atoms with van der Waals surface area (Å²) in [5.74, 6) is 0.580. The summed E-state index contributed by atoms with van der Waals surface area (Å²) in [7, 11) is -3.58. The fraction of sp³-hybridized carbons (Fsp3) is 0.667. The van der Waals surface area contributed by atoms with Crippen molar-refractivity contribution >= 4 is 26.0 Å². The topological polar surface area (TPSA) is 80.6 Å². The van der Waals surface area contributed by atoms with Crippen LogP contribution in [0.15, 0.2) is 20.0 Å². The van der Waals surface area contributed by atoms with Crippen LogP contribution in [-0.4, -0.2) is 34.2 Å². The molecule has 1 aliphatic heterocycles. The molecule has 1 atom stereocenters. The van der Waals surface area contributed by atoms with E-state index in [4.69, 9.17) is 9.15 Å². The summed E-state index contributed by atoms with van der Waals surface area (Å²) in [5.41, 5.74) is 0. The Hall–Kier alpha value is -0.410. The molecule has 114 valence electrons. The summed E-state index contributed by atoms with van der Waals surface area (Å²) in [4.78, 5) is 0.128. The van der Waals surface area contributed by atoms with Crippen LogP contribution in [-0.2, 0) is 21.3 Å².